The van der Waals surface area contributed by atoms with Crippen LogP contribution in [0.5, 0.6) is 0 Å². The molecular formula is C31H35ClF2N4O2S. The van der Waals surface area contributed by atoms with Crippen LogP contribution in [0.4, 0.5) is 13.6 Å². The van der Waals surface area contributed by atoms with Crippen molar-refractivity contribution in [1.82, 2.24) is 10.2 Å². The third-order valence-corrected chi connectivity index (χ3v) is 9.39. The summed E-state index contributed by atoms with van der Waals surface area (Å²) < 4.78 is 32.6. The molecule has 4 aliphatic heterocycles. The second kappa shape index (κ2) is 12.1. The molecule has 4 aliphatic rings. The summed E-state index contributed by atoms with van der Waals surface area (Å²) in [5.41, 5.74) is 4.11. The monoisotopic (exact) mass is 600 g/mol. The quantitative estimate of drug-likeness (QED) is 0.317. The fourth-order valence-corrected chi connectivity index (χ4v) is 7.04. The molecule has 1 amide bonds. The van der Waals surface area contributed by atoms with Gasteiger partial charge in [0, 0.05) is 40.4 Å². The minimum Gasteiger partial charge on any atom is -0.453 e. The molecule has 218 valence electrons. The van der Waals surface area contributed by atoms with Gasteiger partial charge in [0.15, 0.2) is 0 Å². The highest BCUT2D eigenvalue weighted by atomic mass is 35.5. The summed E-state index contributed by atoms with van der Waals surface area (Å²) in [6.45, 7) is 9.06. The number of nitrogens with one attached hydrogen (secondary N) is 1. The number of alkyl halides is 1. The van der Waals surface area contributed by atoms with Gasteiger partial charge in [-0.15, -0.1) is 11.8 Å². The molecule has 41 heavy (non-hydrogen) atoms. The second-order valence-corrected chi connectivity index (χ2v) is 12.8. The molecule has 0 spiro atoms. The highest BCUT2D eigenvalue weighted by Gasteiger charge is 2.47. The van der Waals surface area contributed by atoms with Gasteiger partial charge < -0.3 is 15.0 Å². The van der Waals surface area contributed by atoms with E-state index < -0.39 is 24.1 Å². The zero-order chi connectivity index (χ0) is 29.3. The summed E-state index contributed by atoms with van der Waals surface area (Å²) in [6.07, 6.45) is 7.12. The summed E-state index contributed by atoms with van der Waals surface area (Å²) in [5.74, 6) is 0.442. The Balaban J connectivity index is 1.64. The van der Waals surface area contributed by atoms with Crippen LogP contribution in [-0.2, 0) is 4.74 Å². The van der Waals surface area contributed by atoms with Gasteiger partial charge in [0.1, 0.15) is 17.7 Å². The second-order valence-electron chi connectivity index (χ2n) is 11.4. The van der Waals surface area contributed by atoms with E-state index >= 15 is 0 Å². The molecule has 0 aromatic heterocycles. The first-order chi connectivity index (χ1) is 19.6. The number of thioether (sulfide) groups is 1. The van der Waals surface area contributed by atoms with Gasteiger partial charge in [-0.1, -0.05) is 48.9 Å². The lowest BCUT2D eigenvalue weighted by Crippen LogP contribution is -2.43. The fraction of sp³-hybridized carbons (Fsp3) is 0.452. The zero-order valence-corrected chi connectivity index (χ0v) is 25.1. The molecule has 1 aromatic carbocycles. The summed E-state index contributed by atoms with van der Waals surface area (Å²) in [4.78, 5) is 24.6. The minimum absolute atomic E-state index is 0.0750. The molecule has 5 rings (SSSR count). The number of aliphatic imine (C=N–C) groups is 2. The Morgan fingerprint density at radius 1 is 1.39 bits per heavy atom. The smallest absolute Gasteiger partial charge is 0.406 e. The van der Waals surface area contributed by atoms with Crippen LogP contribution in [0.1, 0.15) is 51.1 Å². The first-order valence-electron chi connectivity index (χ1n) is 13.8. The van der Waals surface area contributed by atoms with Crippen molar-refractivity contribution in [2.24, 2.45) is 15.4 Å². The van der Waals surface area contributed by atoms with Crippen LogP contribution in [0.3, 0.4) is 0 Å². The lowest BCUT2D eigenvalue weighted by molar-refractivity contribution is 0.164. The van der Waals surface area contributed by atoms with E-state index in [0.717, 1.165) is 34.8 Å². The van der Waals surface area contributed by atoms with Gasteiger partial charge in [-0.05, 0) is 56.2 Å². The highest BCUT2D eigenvalue weighted by Crippen LogP contribution is 2.49. The van der Waals surface area contributed by atoms with Crippen LogP contribution in [-0.4, -0.2) is 60.2 Å². The maximum atomic E-state index is 14.2. The van der Waals surface area contributed by atoms with Crippen LogP contribution < -0.4 is 5.32 Å². The lowest BCUT2D eigenvalue weighted by atomic mass is 9.85. The molecule has 1 aromatic rings. The number of ether oxygens (including phenoxy) is 1. The van der Waals surface area contributed by atoms with Crippen molar-refractivity contribution in [3.63, 3.8) is 0 Å². The van der Waals surface area contributed by atoms with E-state index in [2.05, 4.69) is 35.2 Å². The van der Waals surface area contributed by atoms with Gasteiger partial charge >= 0.3 is 6.09 Å². The topological polar surface area (TPSA) is 66.3 Å². The normalized spacial score (nSPS) is 28.0. The Hall–Kier alpha value is -2.91. The number of amidine groups is 1. The molecule has 6 nitrogen and oxygen atoms in total. The Labute approximate surface area is 249 Å². The molecule has 1 fully saturated rings. The van der Waals surface area contributed by atoms with Gasteiger partial charge in [0.25, 0.3) is 0 Å². The lowest BCUT2D eigenvalue weighted by Gasteiger charge is -2.37. The van der Waals surface area contributed by atoms with Crippen LogP contribution in [0.15, 0.2) is 75.2 Å². The number of benzene rings is 1. The zero-order valence-electron chi connectivity index (χ0n) is 23.5. The van der Waals surface area contributed by atoms with Gasteiger partial charge in [0.05, 0.1) is 30.3 Å². The van der Waals surface area contributed by atoms with Crippen molar-refractivity contribution in [2.45, 2.75) is 63.0 Å². The summed E-state index contributed by atoms with van der Waals surface area (Å²) in [5, 5.41) is 5.17. The molecule has 1 N–H and O–H groups in total. The van der Waals surface area contributed by atoms with Crippen LogP contribution in [0, 0.1) is 11.2 Å². The number of amides is 1. The molecule has 0 saturated carbocycles. The van der Waals surface area contributed by atoms with E-state index in [9.17, 15) is 13.6 Å². The van der Waals surface area contributed by atoms with Crippen LogP contribution >= 0.6 is 23.4 Å². The number of hydrogen-bond acceptors (Lipinski definition) is 6. The summed E-state index contributed by atoms with van der Waals surface area (Å²) in [6, 6.07) is 3.75. The number of carbonyl (C=O) groups excluding carboxylic acids is 1. The van der Waals surface area contributed by atoms with Crippen molar-refractivity contribution in [1.29, 1.82) is 0 Å². The molecule has 0 aliphatic carbocycles. The number of rotatable bonds is 8. The molecular weight excluding hydrogens is 566 g/mol. The molecule has 1 saturated heterocycles. The molecule has 10 heteroatoms. The molecule has 0 radical (unpaired) electrons. The number of alkyl carbamates (subject to hydrolysis) is 1. The predicted molar refractivity (Wildman–Crippen MR) is 163 cm³/mol. The standard InChI is InChI=1S/C31H35ClF2N4O2S/c1-18-6-5-13-41-28(18)29-37-27(22-11-8-20(34)14-23(22)32)26(24-12-10-21(36-24)9-7-19(2)33)25-15-31(3,17-38(25)29)16-35-30(39)40-4/h5,8,10-14,19,21,27-28H,1,6-7,9,15-17H2,2-4H3,(H,35,39)/t19?,21?,27-,28?,31-/m0/s1. The van der Waals surface area contributed by atoms with E-state index in [4.69, 9.17) is 26.3 Å². The number of carbonyl (C=O) groups is 1. The van der Waals surface area contributed by atoms with E-state index in [0.29, 0.717) is 37.9 Å². The number of fused-ring (bicyclic) bond motifs is 1. The number of hydrogen-bond donors (Lipinski definition) is 1. The average Bonchev–Trinajstić information content (AvgIpc) is 3.54. The first-order valence-corrected chi connectivity index (χ1v) is 15.1. The highest BCUT2D eigenvalue weighted by molar-refractivity contribution is 8.03. The van der Waals surface area contributed by atoms with Crippen LogP contribution in [0.2, 0.25) is 5.02 Å². The fourth-order valence-electron chi connectivity index (χ4n) is 5.81. The Morgan fingerprint density at radius 2 is 2.20 bits per heavy atom. The number of methoxy groups -OCH3 is 1. The first kappa shape index (κ1) is 29.6. The maximum absolute atomic E-state index is 14.2. The number of halogens is 3. The number of nitrogens with zero attached hydrogens (tertiary/aromatic N) is 3. The maximum Gasteiger partial charge on any atom is 0.406 e. The van der Waals surface area contributed by atoms with Gasteiger partial charge in [-0.2, -0.15) is 0 Å². The SMILES string of the molecule is C=C1CC=CSC1C1=N[C@@H](c2ccc(F)cc2Cl)C(C2=NC(CCC(C)F)C=C2)=C2C[C@@](C)(CNC(=O)OC)CN12. The van der Waals surface area contributed by atoms with Gasteiger partial charge in [0.2, 0.25) is 0 Å². The van der Waals surface area contributed by atoms with Crippen molar-refractivity contribution >= 4 is 41.0 Å². The van der Waals surface area contributed by atoms with Crippen molar-refractivity contribution < 1.29 is 18.3 Å². The molecule has 4 heterocycles. The van der Waals surface area contributed by atoms with E-state index in [1.807, 2.05) is 12.2 Å². The third kappa shape index (κ3) is 6.31. The largest absolute Gasteiger partial charge is 0.453 e. The van der Waals surface area contributed by atoms with E-state index in [1.165, 1.54) is 19.2 Å². The molecule has 0 bridgehead atoms. The molecule has 3 unspecified atom stereocenters. The average molecular weight is 601 g/mol. The Bertz CT molecular complexity index is 1390. The van der Waals surface area contributed by atoms with E-state index in [1.54, 1.807) is 24.8 Å². The van der Waals surface area contributed by atoms with Gasteiger partial charge in [-0.25, -0.2) is 13.6 Å². The summed E-state index contributed by atoms with van der Waals surface area (Å²) in [7, 11) is 1.35. The number of allylic oxidation sites excluding steroid dienone is 3. The predicted octanol–water partition coefficient (Wildman–Crippen LogP) is 7.35. The minimum atomic E-state index is -0.902. The summed E-state index contributed by atoms with van der Waals surface area (Å²) >= 11 is 8.33. The van der Waals surface area contributed by atoms with Crippen molar-refractivity contribution in [3.05, 3.63) is 81.7 Å². The van der Waals surface area contributed by atoms with E-state index in [-0.39, 0.29) is 21.7 Å². The Morgan fingerprint density at radius 3 is 2.90 bits per heavy atom. The van der Waals surface area contributed by atoms with Crippen molar-refractivity contribution in [2.75, 3.05) is 20.2 Å². The van der Waals surface area contributed by atoms with Crippen LogP contribution in [0.25, 0.3) is 0 Å². The Kier molecular flexibility index (Phi) is 8.76. The van der Waals surface area contributed by atoms with Gasteiger partial charge in [-0.3, -0.25) is 9.98 Å². The third-order valence-electron chi connectivity index (χ3n) is 7.90. The van der Waals surface area contributed by atoms with Crippen molar-refractivity contribution in [3.8, 4) is 0 Å². The molecule has 5 atom stereocenters.